The van der Waals surface area contributed by atoms with Crippen molar-refractivity contribution in [3.63, 3.8) is 0 Å². The fourth-order valence-corrected chi connectivity index (χ4v) is 2.73. The molecule has 1 atom stereocenters. The van der Waals surface area contributed by atoms with E-state index in [1.807, 2.05) is 30.3 Å². The van der Waals surface area contributed by atoms with E-state index < -0.39 is 17.8 Å². The second kappa shape index (κ2) is 7.47. The topological polar surface area (TPSA) is 34.0 Å². The van der Waals surface area contributed by atoms with E-state index >= 15 is 0 Å². The Balaban J connectivity index is 1.82. The van der Waals surface area contributed by atoms with Crippen molar-refractivity contribution in [1.29, 1.82) is 0 Å². The van der Waals surface area contributed by atoms with Gasteiger partial charge in [0.05, 0.1) is 5.56 Å². The van der Waals surface area contributed by atoms with Crippen LogP contribution in [0.25, 0.3) is 0 Å². The molecule has 0 spiro atoms. The molecule has 134 valence electrons. The predicted octanol–water partition coefficient (Wildman–Crippen LogP) is 4.93. The molecule has 0 bridgehead atoms. The number of hydrogen-bond donors (Lipinski definition) is 1. The molecule has 1 N–H and O–H groups in total. The average Bonchev–Trinajstić information content (AvgIpc) is 3.14. The van der Waals surface area contributed by atoms with Gasteiger partial charge in [-0.25, -0.2) is 0 Å². The number of nitrogens with one attached hydrogen (secondary N) is 1. The van der Waals surface area contributed by atoms with E-state index in [4.69, 9.17) is 0 Å². The van der Waals surface area contributed by atoms with Crippen LogP contribution in [-0.4, -0.2) is 10.5 Å². The van der Waals surface area contributed by atoms with Gasteiger partial charge >= 0.3 is 6.18 Å². The number of alkyl halides is 3. The Bertz CT molecular complexity index is 858. The zero-order valence-electron chi connectivity index (χ0n) is 13.8. The number of rotatable bonds is 5. The lowest BCUT2D eigenvalue weighted by Crippen LogP contribution is -2.27. The highest BCUT2D eigenvalue weighted by atomic mass is 19.4. The quantitative estimate of drug-likeness (QED) is 0.689. The minimum atomic E-state index is -4.45. The molecule has 3 rings (SSSR count). The number of benzene rings is 2. The summed E-state index contributed by atoms with van der Waals surface area (Å²) in [5.41, 5.74) is 0.288. The van der Waals surface area contributed by atoms with Crippen LogP contribution in [0.4, 0.5) is 18.9 Å². The minimum Gasteiger partial charge on any atom is -0.342 e. The summed E-state index contributed by atoms with van der Waals surface area (Å²) in [6, 6.07) is 17.1. The average molecular weight is 358 g/mol. The van der Waals surface area contributed by atoms with E-state index in [1.54, 1.807) is 29.1 Å². The first-order chi connectivity index (χ1) is 12.4. The Morgan fingerprint density at radius 2 is 1.65 bits per heavy atom. The van der Waals surface area contributed by atoms with Crippen molar-refractivity contribution >= 4 is 11.6 Å². The van der Waals surface area contributed by atoms with Crippen molar-refractivity contribution < 1.29 is 18.0 Å². The van der Waals surface area contributed by atoms with Crippen molar-refractivity contribution in [1.82, 2.24) is 4.57 Å². The van der Waals surface area contributed by atoms with Crippen LogP contribution >= 0.6 is 0 Å². The third-order valence-corrected chi connectivity index (χ3v) is 4.02. The number of hydrogen-bond acceptors (Lipinski definition) is 1. The van der Waals surface area contributed by atoms with Crippen molar-refractivity contribution in [2.45, 2.75) is 18.6 Å². The van der Waals surface area contributed by atoms with Gasteiger partial charge in [-0.15, -0.1) is 0 Å². The van der Waals surface area contributed by atoms with Crippen molar-refractivity contribution in [3.05, 3.63) is 90.3 Å². The molecular formula is C20H17F3N2O. The zero-order chi connectivity index (χ0) is 18.6. The molecule has 0 aliphatic heterocycles. The molecule has 2 aromatic carbocycles. The molecule has 1 heterocycles. The third-order valence-electron chi connectivity index (χ3n) is 4.02. The lowest BCUT2D eigenvalue weighted by Gasteiger charge is -2.19. The van der Waals surface area contributed by atoms with E-state index in [0.717, 1.165) is 17.7 Å². The molecule has 1 unspecified atom stereocenters. The molecule has 3 aromatic rings. The van der Waals surface area contributed by atoms with Crippen LogP contribution in [0.5, 0.6) is 0 Å². The molecule has 6 heteroatoms. The van der Waals surface area contributed by atoms with Crippen LogP contribution in [0.15, 0.2) is 79.1 Å². The molecule has 0 fully saturated rings. The van der Waals surface area contributed by atoms with Gasteiger partial charge in [0, 0.05) is 24.5 Å². The number of carbonyl (C=O) groups excluding carboxylic acids is 1. The van der Waals surface area contributed by atoms with Crippen LogP contribution in [0.1, 0.15) is 17.2 Å². The first-order valence-corrected chi connectivity index (χ1v) is 8.08. The van der Waals surface area contributed by atoms with Gasteiger partial charge in [-0.1, -0.05) is 36.4 Å². The molecule has 0 radical (unpaired) electrons. The largest absolute Gasteiger partial charge is 0.416 e. The predicted molar refractivity (Wildman–Crippen MR) is 93.7 cm³/mol. The molecule has 0 aliphatic rings. The molecule has 0 saturated carbocycles. The smallest absolute Gasteiger partial charge is 0.342 e. The Kier molecular flexibility index (Phi) is 5.11. The van der Waals surface area contributed by atoms with Gasteiger partial charge in [0.15, 0.2) is 0 Å². The fraction of sp³-hybridized carbons (Fsp3) is 0.150. The summed E-state index contributed by atoms with van der Waals surface area (Å²) in [5.74, 6) is -0.371. The second-order valence-electron chi connectivity index (χ2n) is 5.90. The van der Waals surface area contributed by atoms with Gasteiger partial charge < -0.3 is 9.88 Å². The lowest BCUT2D eigenvalue weighted by molar-refractivity contribution is -0.137. The minimum absolute atomic E-state index is 0.120. The maximum absolute atomic E-state index is 12.9. The van der Waals surface area contributed by atoms with Gasteiger partial charge in [-0.05, 0) is 35.9 Å². The molecule has 3 nitrogen and oxygen atoms in total. The van der Waals surface area contributed by atoms with E-state index in [9.17, 15) is 18.0 Å². The highest BCUT2D eigenvalue weighted by molar-refractivity contribution is 5.94. The van der Waals surface area contributed by atoms with Gasteiger partial charge in [-0.3, -0.25) is 4.79 Å². The Morgan fingerprint density at radius 1 is 0.962 bits per heavy atom. The molecule has 1 amide bonds. The number of anilines is 1. The van der Waals surface area contributed by atoms with Crippen molar-refractivity contribution in [2.75, 3.05) is 5.32 Å². The SMILES string of the molecule is O=C(Nc1cccc(C(F)(F)F)c1)C(Cc1ccccc1)n1cccc1. The molecular weight excluding hydrogens is 341 g/mol. The second-order valence-corrected chi connectivity index (χ2v) is 5.90. The summed E-state index contributed by atoms with van der Waals surface area (Å²) in [6.45, 7) is 0. The summed E-state index contributed by atoms with van der Waals surface area (Å²) >= 11 is 0. The summed E-state index contributed by atoms with van der Waals surface area (Å²) in [7, 11) is 0. The zero-order valence-corrected chi connectivity index (χ0v) is 13.8. The Hall–Kier alpha value is -3.02. The molecule has 0 saturated heterocycles. The van der Waals surface area contributed by atoms with E-state index in [-0.39, 0.29) is 11.6 Å². The summed E-state index contributed by atoms with van der Waals surface area (Å²) in [5, 5.41) is 2.60. The highest BCUT2D eigenvalue weighted by Crippen LogP contribution is 2.31. The third kappa shape index (κ3) is 4.33. The van der Waals surface area contributed by atoms with Crippen LogP contribution < -0.4 is 5.32 Å². The van der Waals surface area contributed by atoms with Gasteiger partial charge in [-0.2, -0.15) is 13.2 Å². The monoisotopic (exact) mass is 358 g/mol. The van der Waals surface area contributed by atoms with Crippen LogP contribution in [0.3, 0.4) is 0 Å². The lowest BCUT2D eigenvalue weighted by atomic mass is 10.0. The van der Waals surface area contributed by atoms with Gasteiger partial charge in [0.25, 0.3) is 0 Å². The number of nitrogens with zero attached hydrogens (tertiary/aromatic N) is 1. The van der Waals surface area contributed by atoms with Crippen LogP contribution in [0, 0.1) is 0 Å². The van der Waals surface area contributed by atoms with E-state index in [1.165, 1.54) is 12.1 Å². The first-order valence-electron chi connectivity index (χ1n) is 8.08. The normalized spacial score (nSPS) is 12.6. The maximum Gasteiger partial charge on any atom is 0.416 e. The number of aromatic nitrogens is 1. The molecule has 1 aromatic heterocycles. The van der Waals surface area contributed by atoms with E-state index in [0.29, 0.717) is 6.42 Å². The summed E-state index contributed by atoms with van der Waals surface area (Å²) in [4.78, 5) is 12.8. The fourth-order valence-electron chi connectivity index (χ4n) is 2.73. The standard InChI is InChI=1S/C20H17F3N2O/c21-20(22,23)16-9-6-10-17(14-16)24-19(26)18(25-11-4-5-12-25)13-15-7-2-1-3-8-15/h1-12,14,18H,13H2,(H,24,26). The number of carbonyl (C=O) groups is 1. The number of amides is 1. The van der Waals surface area contributed by atoms with E-state index in [2.05, 4.69) is 5.32 Å². The van der Waals surface area contributed by atoms with Crippen molar-refractivity contribution in [3.8, 4) is 0 Å². The maximum atomic E-state index is 12.9. The molecule has 0 aliphatic carbocycles. The molecule has 26 heavy (non-hydrogen) atoms. The highest BCUT2D eigenvalue weighted by Gasteiger charge is 2.30. The van der Waals surface area contributed by atoms with Crippen LogP contribution in [-0.2, 0) is 17.4 Å². The summed E-state index contributed by atoms with van der Waals surface area (Å²) < 4.78 is 40.3. The van der Waals surface area contributed by atoms with Crippen LogP contribution in [0.2, 0.25) is 0 Å². The van der Waals surface area contributed by atoms with Crippen molar-refractivity contribution in [2.24, 2.45) is 0 Å². The Morgan fingerprint density at radius 3 is 2.31 bits per heavy atom. The number of halogens is 3. The Labute approximate surface area is 149 Å². The van der Waals surface area contributed by atoms with Gasteiger partial charge in [0.1, 0.15) is 6.04 Å². The first kappa shape index (κ1) is 17.8. The van der Waals surface area contributed by atoms with Gasteiger partial charge in [0.2, 0.25) is 5.91 Å². The summed E-state index contributed by atoms with van der Waals surface area (Å²) in [6.07, 6.45) is -0.496.